The van der Waals surface area contributed by atoms with E-state index in [4.69, 9.17) is 5.73 Å². The lowest BCUT2D eigenvalue weighted by atomic mass is 10.3. The van der Waals surface area contributed by atoms with Crippen molar-refractivity contribution in [3.63, 3.8) is 0 Å². The van der Waals surface area contributed by atoms with Gasteiger partial charge in [0.05, 0.1) is 6.04 Å². The number of hydrogen-bond donors (Lipinski definition) is 2. The fourth-order valence-electron chi connectivity index (χ4n) is 1.56. The third-order valence-electron chi connectivity index (χ3n) is 2.46. The molecule has 0 saturated carbocycles. The maximum atomic E-state index is 11.2. The zero-order chi connectivity index (χ0) is 13.0. The molecule has 1 unspecified atom stereocenters. The molecule has 7 heteroatoms. The van der Waals surface area contributed by atoms with Gasteiger partial charge in [0.2, 0.25) is 5.91 Å². The van der Waals surface area contributed by atoms with E-state index in [1.165, 1.54) is 11.8 Å². The first-order chi connectivity index (χ1) is 8.72. The number of nitrogens with two attached hydrogens (primary N) is 1. The number of fused-ring (bicyclic) bond motifs is 1. The van der Waals surface area contributed by atoms with Crippen molar-refractivity contribution in [2.75, 3.05) is 12.3 Å². The Balaban J connectivity index is 2.07. The van der Waals surface area contributed by atoms with Gasteiger partial charge in [0, 0.05) is 11.9 Å². The Morgan fingerprint density at radius 2 is 2.39 bits per heavy atom. The van der Waals surface area contributed by atoms with Crippen molar-refractivity contribution in [2.45, 2.75) is 18.1 Å². The minimum Gasteiger partial charge on any atom is -0.368 e. The topological polar surface area (TPSA) is 85.3 Å². The van der Waals surface area contributed by atoms with Crippen LogP contribution in [0.3, 0.4) is 0 Å². The third kappa shape index (κ3) is 2.80. The molecule has 18 heavy (non-hydrogen) atoms. The number of nitrogens with one attached hydrogen (secondary N) is 1. The second-order valence-electron chi connectivity index (χ2n) is 3.74. The van der Waals surface area contributed by atoms with Crippen molar-refractivity contribution in [2.24, 2.45) is 5.73 Å². The van der Waals surface area contributed by atoms with Gasteiger partial charge in [-0.3, -0.25) is 9.20 Å². The first-order valence-electron chi connectivity index (χ1n) is 5.67. The summed E-state index contributed by atoms with van der Waals surface area (Å²) in [5.41, 5.74) is 6.11. The Kier molecular flexibility index (Phi) is 4.16. The summed E-state index contributed by atoms with van der Waals surface area (Å²) in [4.78, 5) is 11.2. The van der Waals surface area contributed by atoms with Crippen LogP contribution in [-0.2, 0) is 4.79 Å². The highest BCUT2D eigenvalue weighted by atomic mass is 32.2. The molecule has 0 fully saturated rings. The first kappa shape index (κ1) is 12.8. The van der Waals surface area contributed by atoms with Crippen LogP contribution in [0.1, 0.15) is 6.92 Å². The van der Waals surface area contributed by atoms with Gasteiger partial charge < -0.3 is 11.1 Å². The van der Waals surface area contributed by atoms with Crippen molar-refractivity contribution in [3.05, 3.63) is 24.4 Å². The predicted molar refractivity (Wildman–Crippen MR) is 70.4 cm³/mol. The van der Waals surface area contributed by atoms with Crippen LogP contribution in [0, 0.1) is 0 Å². The van der Waals surface area contributed by atoms with Crippen LogP contribution in [0.15, 0.2) is 29.6 Å². The molecule has 3 N–H and O–H groups in total. The normalized spacial score (nSPS) is 12.7. The maximum absolute atomic E-state index is 11.2. The van der Waals surface area contributed by atoms with Crippen LogP contribution in [0.25, 0.3) is 5.65 Å². The van der Waals surface area contributed by atoms with E-state index in [0.29, 0.717) is 12.3 Å². The van der Waals surface area contributed by atoms with Gasteiger partial charge in [-0.15, -0.1) is 10.2 Å². The molecule has 2 heterocycles. The molecule has 0 aliphatic carbocycles. The van der Waals surface area contributed by atoms with Gasteiger partial charge in [0.1, 0.15) is 0 Å². The average Bonchev–Trinajstić information content (AvgIpc) is 2.77. The number of nitrogens with zero attached hydrogens (tertiary/aromatic N) is 3. The summed E-state index contributed by atoms with van der Waals surface area (Å²) < 4.78 is 1.88. The van der Waals surface area contributed by atoms with Crippen LogP contribution >= 0.6 is 11.8 Å². The number of likely N-dealkylation sites (N-methyl/N-ethyl adjacent to an activating group) is 1. The predicted octanol–water partition coefficient (Wildman–Crippen LogP) is 0.285. The van der Waals surface area contributed by atoms with Crippen LogP contribution in [0.2, 0.25) is 0 Å². The highest BCUT2D eigenvalue weighted by Gasteiger charge is 2.15. The Hall–Kier alpha value is -1.60. The molecule has 2 rings (SSSR count). The summed E-state index contributed by atoms with van der Waals surface area (Å²) in [6.07, 6.45) is 1.89. The highest BCUT2D eigenvalue weighted by molar-refractivity contribution is 7.99. The lowest BCUT2D eigenvalue weighted by Gasteiger charge is -2.12. The number of primary amides is 1. The molecule has 0 spiro atoms. The highest BCUT2D eigenvalue weighted by Crippen LogP contribution is 2.17. The third-order valence-corrected chi connectivity index (χ3v) is 3.49. The van der Waals surface area contributed by atoms with Gasteiger partial charge in [-0.2, -0.15) is 0 Å². The minimum absolute atomic E-state index is 0.349. The number of carbonyl (C=O) groups excluding carboxylic acids is 1. The molecular formula is C11H15N5OS. The van der Waals surface area contributed by atoms with Gasteiger partial charge in [0.25, 0.3) is 0 Å². The van der Waals surface area contributed by atoms with Crippen molar-refractivity contribution in [1.82, 2.24) is 19.9 Å². The number of rotatable bonds is 6. The van der Waals surface area contributed by atoms with Gasteiger partial charge in [-0.1, -0.05) is 24.8 Å². The van der Waals surface area contributed by atoms with Crippen LogP contribution in [-0.4, -0.2) is 38.8 Å². The smallest absolute Gasteiger partial charge is 0.235 e. The summed E-state index contributed by atoms with van der Waals surface area (Å²) in [6, 6.07) is 5.35. The second-order valence-corrected chi connectivity index (χ2v) is 4.72. The number of hydrogen-bond acceptors (Lipinski definition) is 5. The first-order valence-corrected chi connectivity index (χ1v) is 6.66. The summed E-state index contributed by atoms with van der Waals surface area (Å²) in [7, 11) is 0. The Morgan fingerprint density at radius 3 is 3.11 bits per heavy atom. The zero-order valence-electron chi connectivity index (χ0n) is 10.0. The van der Waals surface area contributed by atoms with E-state index in [-0.39, 0.29) is 11.9 Å². The molecule has 0 saturated heterocycles. The molecule has 1 amide bonds. The molecule has 0 aromatic carbocycles. The lowest BCUT2D eigenvalue weighted by molar-refractivity contribution is -0.119. The summed E-state index contributed by atoms with van der Waals surface area (Å²) in [5, 5.41) is 11.9. The number of amides is 1. The largest absolute Gasteiger partial charge is 0.368 e. The second kappa shape index (κ2) is 5.83. The molecule has 2 aromatic heterocycles. The monoisotopic (exact) mass is 265 g/mol. The van der Waals surface area contributed by atoms with E-state index >= 15 is 0 Å². The molecule has 1 atom stereocenters. The van der Waals surface area contributed by atoms with E-state index in [0.717, 1.165) is 10.8 Å². The molecule has 0 bridgehead atoms. The van der Waals surface area contributed by atoms with Crippen molar-refractivity contribution in [1.29, 1.82) is 0 Å². The number of carbonyl (C=O) groups is 1. The molecule has 0 radical (unpaired) electrons. The Bertz CT molecular complexity index is 541. The average molecular weight is 265 g/mol. The number of aromatic nitrogens is 3. The summed E-state index contributed by atoms with van der Waals surface area (Å²) >= 11 is 1.46. The number of pyridine rings is 1. The molecule has 6 nitrogen and oxygen atoms in total. The minimum atomic E-state index is -0.351. The van der Waals surface area contributed by atoms with Gasteiger partial charge in [-0.05, 0) is 18.7 Å². The summed E-state index contributed by atoms with van der Waals surface area (Å²) in [5.74, 6) is 0.192. The Morgan fingerprint density at radius 1 is 1.56 bits per heavy atom. The standard InChI is InChI=1S/C11H15N5OS/c1-2-13-8(10(12)17)7-18-11-15-14-9-5-3-4-6-16(9)11/h3-6,8,13H,2,7H2,1H3,(H2,12,17). The van der Waals surface area contributed by atoms with Crippen LogP contribution < -0.4 is 11.1 Å². The van der Waals surface area contributed by atoms with Crippen LogP contribution in [0.4, 0.5) is 0 Å². The van der Waals surface area contributed by atoms with E-state index in [1.807, 2.05) is 35.7 Å². The molecular weight excluding hydrogens is 250 g/mol. The fraction of sp³-hybridized carbons (Fsp3) is 0.364. The van der Waals surface area contributed by atoms with Crippen LogP contribution in [0.5, 0.6) is 0 Å². The van der Waals surface area contributed by atoms with Gasteiger partial charge in [-0.25, -0.2) is 0 Å². The maximum Gasteiger partial charge on any atom is 0.235 e. The Labute approximate surface area is 109 Å². The van der Waals surface area contributed by atoms with Crippen molar-refractivity contribution in [3.8, 4) is 0 Å². The lowest BCUT2D eigenvalue weighted by Crippen LogP contribution is -2.43. The quantitative estimate of drug-likeness (QED) is 0.733. The van der Waals surface area contributed by atoms with Crippen molar-refractivity contribution < 1.29 is 4.79 Å². The summed E-state index contributed by atoms with van der Waals surface area (Å²) in [6.45, 7) is 2.64. The van der Waals surface area contributed by atoms with Crippen molar-refractivity contribution >= 4 is 23.3 Å². The fourth-order valence-corrected chi connectivity index (χ4v) is 2.55. The molecule has 96 valence electrons. The molecule has 0 aliphatic rings. The number of thioether (sulfide) groups is 1. The van der Waals surface area contributed by atoms with Gasteiger partial charge in [0.15, 0.2) is 10.8 Å². The molecule has 0 aliphatic heterocycles. The molecule has 2 aromatic rings. The zero-order valence-corrected chi connectivity index (χ0v) is 10.9. The van der Waals surface area contributed by atoms with E-state index in [1.54, 1.807) is 0 Å². The van der Waals surface area contributed by atoms with Gasteiger partial charge >= 0.3 is 0 Å². The van der Waals surface area contributed by atoms with E-state index in [2.05, 4.69) is 15.5 Å². The van der Waals surface area contributed by atoms with E-state index in [9.17, 15) is 4.79 Å². The SMILES string of the molecule is CCNC(CSc1nnc2ccccn12)C(N)=O. The van der Waals surface area contributed by atoms with E-state index < -0.39 is 0 Å².